The van der Waals surface area contributed by atoms with Crippen molar-refractivity contribution in [2.75, 3.05) is 26.4 Å². The van der Waals surface area contributed by atoms with Gasteiger partial charge in [-0.3, -0.25) is 0 Å². The molecule has 1 fully saturated rings. The van der Waals surface area contributed by atoms with Crippen LogP contribution in [0.3, 0.4) is 0 Å². The van der Waals surface area contributed by atoms with Crippen LogP contribution in [-0.2, 0) is 15.9 Å². The summed E-state index contributed by atoms with van der Waals surface area (Å²) in [6.07, 6.45) is 1.17. The van der Waals surface area contributed by atoms with E-state index in [0.717, 1.165) is 32.0 Å². The molecule has 16 heavy (non-hydrogen) atoms. The lowest BCUT2D eigenvalue weighted by Crippen LogP contribution is -2.36. The predicted octanol–water partition coefficient (Wildman–Crippen LogP) is 1.65. The van der Waals surface area contributed by atoms with Gasteiger partial charge in [0.05, 0.1) is 25.9 Å². The Morgan fingerprint density at radius 3 is 2.88 bits per heavy atom. The molecule has 0 aromatic heterocycles. The molecule has 3 rings (SSSR count). The molecule has 0 bridgehead atoms. The number of rotatable bonds is 3. The molecule has 2 heterocycles. The number of hydrogen-bond donors (Lipinski definition) is 0. The zero-order valence-corrected chi connectivity index (χ0v) is 9.22. The van der Waals surface area contributed by atoms with Crippen LogP contribution in [0.15, 0.2) is 24.3 Å². The van der Waals surface area contributed by atoms with Gasteiger partial charge in [-0.25, -0.2) is 0 Å². The fourth-order valence-electron chi connectivity index (χ4n) is 2.06. The van der Waals surface area contributed by atoms with Crippen molar-refractivity contribution in [1.82, 2.24) is 0 Å². The molecule has 2 aliphatic heterocycles. The Hall–Kier alpha value is -1.06. The smallest absolute Gasteiger partial charge is 0.122 e. The maximum Gasteiger partial charge on any atom is 0.122 e. The number of fused-ring (bicyclic) bond motifs is 1. The lowest BCUT2D eigenvalue weighted by molar-refractivity contribution is -0.0945. The first-order valence-electron chi connectivity index (χ1n) is 5.82. The lowest BCUT2D eigenvalue weighted by Gasteiger charge is -2.30. The van der Waals surface area contributed by atoms with Gasteiger partial charge in [0.25, 0.3) is 0 Å². The Morgan fingerprint density at radius 2 is 2.06 bits per heavy atom. The molecule has 0 aliphatic carbocycles. The fraction of sp³-hybridized carbons (Fsp3) is 0.538. The number of ether oxygens (including phenoxy) is 3. The van der Waals surface area contributed by atoms with Crippen LogP contribution in [0.2, 0.25) is 0 Å². The molecule has 1 aromatic carbocycles. The average Bonchev–Trinajstić information content (AvgIpc) is 2.27. The van der Waals surface area contributed by atoms with Gasteiger partial charge in [-0.05, 0) is 11.6 Å². The van der Waals surface area contributed by atoms with Crippen molar-refractivity contribution in [3.05, 3.63) is 29.8 Å². The SMILES string of the molecule is c1ccc2c(c1)CC(OCC1COC1)CO2. The Kier molecular flexibility index (Phi) is 2.80. The summed E-state index contributed by atoms with van der Waals surface area (Å²) in [6, 6.07) is 8.18. The molecule has 1 saturated heterocycles. The molecule has 86 valence electrons. The first kappa shape index (κ1) is 10.1. The van der Waals surface area contributed by atoms with Crippen molar-refractivity contribution in [2.45, 2.75) is 12.5 Å². The highest BCUT2D eigenvalue weighted by atomic mass is 16.5. The predicted molar refractivity (Wildman–Crippen MR) is 59.7 cm³/mol. The van der Waals surface area contributed by atoms with E-state index in [2.05, 4.69) is 6.07 Å². The summed E-state index contributed by atoms with van der Waals surface area (Å²) >= 11 is 0. The van der Waals surface area contributed by atoms with E-state index in [1.54, 1.807) is 0 Å². The molecule has 0 saturated carbocycles. The molecule has 1 atom stereocenters. The third-order valence-electron chi connectivity index (χ3n) is 3.12. The molecular formula is C13H16O3. The average molecular weight is 220 g/mol. The van der Waals surface area contributed by atoms with Gasteiger partial charge in [-0.2, -0.15) is 0 Å². The van der Waals surface area contributed by atoms with Gasteiger partial charge in [0.2, 0.25) is 0 Å². The number of hydrogen-bond acceptors (Lipinski definition) is 3. The highest BCUT2D eigenvalue weighted by Crippen LogP contribution is 2.25. The third kappa shape index (κ3) is 2.06. The lowest BCUT2D eigenvalue weighted by atomic mass is 10.0. The van der Waals surface area contributed by atoms with E-state index in [0.29, 0.717) is 12.5 Å². The van der Waals surface area contributed by atoms with Crippen LogP contribution in [0.5, 0.6) is 5.75 Å². The topological polar surface area (TPSA) is 27.7 Å². The minimum atomic E-state index is 0.204. The van der Waals surface area contributed by atoms with Crippen molar-refractivity contribution in [3.63, 3.8) is 0 Å². The molecular weight excluding hydrogens is 204 g/mol. The normalized spacial score (nSPS) is 24.4. The van der Waals surface area contributed by atoms with E-state index in [4.69, 9.17) is 14.2 Å². The minimum Gasteiger partial charge on any atom is -0.491 e. The Bertz CT molecular complexity index is 360. The monoisotopic (exact) mass is 220 g/mol. The third-order valence-corrected chi connectivity index (χ3v) is 3.12. The molecule has 3 heteroatoms. The Balaban J connectivity index is 1.55. The van der Waals surface area contributed by atoms with E-state index in [9.17, 15) is 0 Å². The van der Waals surface area contributed by atoms with Gasteiger partial charge >= 0.3 is 0 Å². The second-order valence-corrected chi connectivity index (χ2v) is 4.48. The molecule has 0 N–H and O–H groups in total. The van der Waals surface area contributed by atoms with Crippen LogP contribution >= 0.6 is 0 Å². The Labute approximate surface area is 95.3 Å². The second-order valence-electron chi connectivity index (χ2n) is 4.48. The molecule has 2 aliphatic rings. The molecule has 0 spiro atoms. The number of para-hydroxylation sites is 1. The zero-order valence-electron chi connectivity index (χ0n) is 9.22. The van der Waals surface area contributed by atoms with Crippen LogP contribution in [0.1, 0.15) is 5.56 Å². The quantitative estimate of drug-likeness (QED) is 0.775. The van der Waals surface area contributed by atoms with Gasteiger partial charge < -0.3 is 14.2 Å². The van der Waals surface area contributed by atoms with Crippen molar-refractivity contribution in [1.29, 1.82) is 0 Å². The van der Waals surface area contributed by atoms with Crippen LogP contribution in [-0.4, -0.2) is 32.5 Å². The standard InChI is InChI=1S/C13H16O3/c1-2-4-13-11(3-1)5-12(9-16-13)15-8-10-6-14-7-10/h1-4,10,12H,5-9H2. The molecule has 0 amide bonds. The van der Waals surface area contributed by atoms with E-state index in [-0.39, 0.29) is 6.10 Å². The van der Waals surface area contributed by atoms with E-state index in [1.165, 1.54) is 5.56 Å². The molecule has 1 unspecified atom stereocenters. The highest BCUT2D eigenvalue weighted by molar-refractivity contribution is 5.35. The second kappa shape index (κ2) is 4.44. The van der Waals surface area contributed by atoms with E-state index in [1.807, 2.05) is 18.2 Å². The van der Waals surface area contributed by atoms with Crippen LogP contribution in [0.4, 0.5) is 0 Å². The molecule has 3 nitrogen and oxygen atoms in total. The largest absolute Gasteiger partial charge is 0.491 e. The van der Waals surface area contributed by atoms with E-state index < -0.39 is 0 Å². The zero-order chi connectivity index (χ0) is 10.8. The highest BCUT2D eigenvalue weighted by Gasteiger charge is 2.24. The van der Waals surface area contributed by atoms with Crippen molar-refractivity contribution in [3.8, 4) is 5.75 Å². The molecule has 1 aromatic rings. The summed E-state index contributed by atoms with van der Waals surface area (Å²) < 4.78 is 16.6. The fourth-order valence-corrected chi connectivity index (χ4v) is 2.06. The summed E-state index contributed by atoms with van der Waals surface area (Å²) in [5, 5.41) is 0. The van der Waals surface area contributed by atoms with Gasteiger partial charge in [-0.15, -0.1) is 0 Å². The summed E-state index contributed by atoms with van der Waals surface area (Å²) in [6.45, 7) is 3.18. The summed E-state index contributed by atoms with van der Waals surface area (Å²) in [4.78, 5) is 0. The van der Waals surface area contributed by atoms with E-state index >= 15 is 0 Å². The van der Waals surface area contributed by atoms with Gasteiger partial charge in [0, 0.05) is 12.3 Å². The summed E-state index contributed by atoms with van der Waals surface area (Å²) in [5.74, 6) is 1.60. The van der Waals surface area contributed by atoms with Gasteiger partial charge in [0.15, 0.2) is 0 Å². The van der Waals surface area contributed by atoms with Crippen LogP contribution in [0.25, 0.3) is 0 Å². The van der Waals surface area contributed by atoms with Crippen LogP contribution < -0.4 is 4.74 Å². The van der Waals surface area contributed by atoms with Crippen LogP contribution in [0, 0.1) is 5.92 Å². The van der Waals surface area contributed by atoms with Crippen molar-refractivity contribution < 1.29 is 14.2 Å². The Morgan fingerprint density at radius 1 is 1.19 bits per heavy atom. The summed E-state index contributed by atoms with van der Waals surface area (Å²) in [5.41, 5.74) is 1.25. The molecule has 0 radical (unpaired) electrons. The van der Waals surface area contributed by atoms with Crippen molar-refractivity contribution in [2.24, 2.45) is 5.92 Å². The van der Waals surface area contributed by atoms with Crippen molar-refractivity contribution >= 4 is 0 Å². The summed E-state index contributed by atoms with van der Waals surface area (Å²) in [7, 11) is 0. The minimum absolute atomic E-state index is 0.204. The van der Waals surface area contributed by atoms with Gasteiger partial charge in [-0.1, -0.05) is 18.2 Å². The maximum atomic E-state index is 5.84. The van der Waals surface area contributed by atoms with Gasteiger partial charge in [0.1, 0.15) is 12.4 Å². The first-order valence-corrected chi connectivity index (χ1v) is 5.82. The first-order chi connectivity index (χ1) is 7.92. The number of benzene rings is 1. The maximum absolute atomic E-state index is 5.84.